The predicted molar refractivity (Wildman–Crippen MR) is 93.4 cm³/mol. The van der Waals surface area contributed by atoms with Crippen molar-refractivity contribution < 1.29 is 9.53 Å². The number of carbonyl (C=O) groups is 1. The van der Waals surface area contributed by atoms with Gasteiger partial charge in [-0.2, -0.15) is 0 Å². The molecule has 0 aliphatic carbocycles. The van der Waals surface area contributed by atoms with Crippen LogP contribution in [0.5, 0.6) is 5.75 Å². The van der Waals surface area contributed by atoms with Crippen molar-refractivity contribution in [2.75, 3.05) is 17.2 Å². The zero-order valence-corrected chi connectivity index (χ0v) is 13.7. The summed E-state index contributed by atoms with van der Waals surface area (Å²) in [6.45, 7) is 2.72. The van der Waals surface area contributed by atoms with Gasteiger partial charge in [-0.3, -0.25) is 4.79 Å². The number of nitrogens with one attached hydrogen (secondary N) is 2. The van der Waals surface area contributed by atoms with Gasteiger partial charge in [-0.15, -0.1) is 0 Å². The van der Waals surface area contributed by atoms with Gasteiger partial charge in [0.2, 0.25) is 0 Å². The van der Waals surface area contributed by atoms with Crippen molar-refractivity contribution in [3.63, 3.8) is 0 Å². The highest BCUT2D eigenvalue weighted by atomic mass is 35.5. The number of carbonyl (C=O) groups excluding carboxylic acids is 1. The molecule has 1 amide bonds. The van der Waals surface area contributed by atoms with Crippen LogP contribution in [-0.4, -0.2) is 18.6 Å². The Morgan fingerprint density at radius 1 is 1.30 bits per heavy atom. The Labute approximate surface area is 140 Å². The fourth-order valence-electron chi connectivity index (χ4n) is 2.59. The highest BCUT2D eigenvalue weighted by Crippen LogP contribution is 2.25. The normalized spacial score (nSPS) is 14.3. The molecule has 0 fully saturated rings. The fraction of sp³-hybridized carbons (Fsp3) is 0.278. The standard InChI is InChI=1S/C18H19ClN2O2/c1-12(23-16-6-2-5-14(19)11-16)18(22)21-15-7-8-17-13(10-15)4-3-9-20-17/h2,5-8,10-12,20H,3-4,9H2,1H3,(H,21,22). The van der Waals surface area contributed by atoms with Crippen molar-refractivity contribution in [3.8, 4) is 5.75 Å². The number of benzene rings is 2. The van der Waals surface area contributed by atoms with Crippen LogP contribution in [-0.2, 0) is 11.2 Å². The lowest BCUT2D eigenvalue weighted by molar-refractivity contribution is -0.122. The molecule has 2 aromatic carbocycles. The van der Waals surface area contributed by atoms with Gasteiger partial charge in [-0.05, 0) is 61.7 Å². The van der Waals surface area contributed by atoms with Crippen molar-refractivity contribution in [2.45, 2.75) is 25.9 Å². The first-order chi connectivity index (χ1) is 11.1. The highest BCUT2D eigenvalue weighted by molar-refractivity contribution is 6.30. The van der Waals surface area contributed by atoms with Crippen LogP contribution in [0.1, 0.15) is 18.9 Å². The van der Waals surface area contributed by atoms with E-state index in [0.717, 1.165) is 30.8 Å². The molecule has 4 nitrogen and oxygen atoms in total. The lowest BCUT2D eigenvalue weighted by Gasteiger charge is -2.19. The average molecular weight is 331 g/mol. The van der Waals surface area contributed by atoms with Crippen molar-refractivity contribution in [1.82, 2.24) is 0 Å². The summed E-state index contributed by atoms with van der Waals surface area (Å²) in [6.07, 6.45) is 1.53. The topological polar surface area (TPSA) is 50.4 Å². The third kappa shape index (κ3) is 3.96. The SMILES string of the molecule is CC(Oc1cccc(Cl)c1)C(=O)Nc1ccc2c(c1)CCCN2. The van der Waals surface area contributed by atoms with E-state index in [1.807, 2.05) is 18.2 Å². The van der Waals surface area contributed by atoms with Gasteiger partial charge < -0.3 is 15.4 Å². The summed E-state index contributed by atoms with van der Waals surface area (Å²) in [6, 6.07) is 13.0. The van der Waals surface area contributed by atoms with E-state index in [0.29, 0.717) is 10.8 Å². The number of ether oxygens (including phenoxy) is 1. The molecular formula is C18H19ClN2O2. The Hall–Kier alpha value is -2.20. The van der Waals surface area contributed by atoms with E-state index in [2.05, 4.69) is 10.6 Å². The molecule has 23 heavy (non-hydrogen) atoms. The van der Waals surface area contributed by atoms with Crippen molar-refractivity contribution >= 4 is 28.9 Å². The van der Waals surface area contributed by atoms with Crippen LogP contribution < -0.4 is 15.4 Å². The van der Waals surface area contributed by atoms with E-state index >= 15 is 0 Å². The molecule has 3 rings (SSSR count). The third-order valence-electron chi connectivity index (χ3n) is 3.79. The van der Waals surface area contributed by atoms with Crippen LogP contribution in [0.15, 0.2) is 42.5 Å². The number of anilines is 2. The van der Waals surface area contributed by atoms with Gasteiger partial charge in [0.05, 0.1) is 0 Å². The number of hydrogen-bond acceptors (Lipinski definition) is 3. The molecule has 2 aromatic rings. The van der Waals surface area contributed by atoms with Crippen LogP contribution in [0.4, 0.5) is 11.4 Å². The quantitative estimate of drug-likeness (QED) is 0.887. The van der Waals surface area contributed by atoms with Gasteiger partial charge in [-0.1, -0.05) is 17.7 Å². The maximum atomic E-state index is 12.3. The van der Waals surface area contributed by atoms with Crippen molar-refractivity contribution in [3.05, 3.63) is 53.1 Å². The van der Waals surface area contributed by atoms with Gasteiger partial charge in [0, 0.05) is 22.9 Å². The Balaban J connectivity index is 1.64. The number of fused-ring (bicyclic) bond motifs is 1. The number of aryl methyl sites for hydroxylation is 1. The summed E-state index contributed by atoms with van der Waals surface area (Å²) >= 11 is 5.92. The molecule has 0 spiro atoms. The molecule has 1 atom stereocenters. The van der Waals surface area contributed by atoms with Gasteiger partial charge in [0.1, 0.15) is 5.75 Å². The molecule has 120 valence electrons. The van der Waals surface area contributed by atoms with E-state index in [1.54, 1.807) is 31.2 Å². The van der Waals surface area contributed by atoms with Crippen LogP contribution >= 0.6 is 11.6 Å². The molecule has 5 heteroatoms. The Kier molecular flexibility index (Phi) is 4.72. The third-order valence-corrected chi connectivity index (χ3v) is 4.02. The Bertz CT molecular complexity index is 718. The van der Waals surface area contributed by atoms with E-state index in [9.17, 15) is 4.79 Å². The maximum Gasteiger partial charge on any atom is 0.265 e. The van der Waals surface area contributed by atoms with Crippen LogP contribution in [0.25, 0.3) is 0 Å². The van der Waals surface area contributed by atoms with E-state index in [4.69, 9.17) is 16.3 Å². The van der Waals surface area contributed by atoms with E-state index in [-0.39, 0.29) is 5.91 Å². The van der Waals surface area contributed by atoms with Gasteiger partial charge >= 0.3 is 0 Å². The van der Waals surface area contributed by atoms with E-state index in [1.165, 1.54) is 5.56 Å². The molecule has 0 aromatic heterocycles. The average Bonchev–Trinajstić information content (AvgIpc) is 2.54. The van der Waals surface area contributed by atoms with Gasteiger partial charge in [0.15, 0.2) is 6.10 Å². The smallest absolute Gasteiger partial charge is 0.265 e. The molecule has 0 saturated heterocycles. The zero-order chi connectivity index (χ0) is 16.2. The van der Waals surface area contributed by atoms with Crippen molar-refractivity contribution in [1.29, 1.82) is 0 Å². The summed E-state index contributed by atoms with van der Waals surface area (Å²) in [7, 11) is 0. The van der Waals surface area contributed by atoms with Gasteiger partial charge in [0.25, 0.3) is 5.91 Å². The second kappa shape index (κ2) is 6.92. The Morgan fingerprint density at radius 3 is 3.00 bits per heavy atom. The lowest BCUT2D eigenvalue weighted by Crippen LogP contribution is -2.30. The summed E-state index contributed by atoms with van der Waals surface area (Å²) in [5.41, 5.74) is 3.17. The maximum absolute atomic E-state index is 12.3. The first kappa shape index (κ1) is 15.7. The number of amides is 1. The minimum absolute atomic E-state index is 0.186. The summed E-state index contributed by atoms with van der Waals surface area (Å²) in [5.74, 6) is 0.392. The molecule has 1 aliphatic heterocycles. The molecule has 0 bridgehead atoms. The van der Waals surface area contributed by atoms with Crippen LogP contribution in [0.3, 0.4) is 0 Å². The molecule has 1 unspecified atom stereocenters. The largest absolute Gasteiger partial charge is 0.481 e. The predicted octanol–water partition coefficient (Wildman–Crippen LogP) is 4.10. The summed E-state index contributed by atoms with van der Waals surface area (Å²) in [4.78, 5) is 12.3. The second-order valence-electron chi connectivity index (χ2n) is 5.61. The summed E-state index contributed by atoms with van der Waals surface area (Å²) < 4.78 is 5.63. The lowest BCUT2D eigenvalue weighted by atomic mass is 10.0. The molecule has 0 saturated carbocycles. The monoisotopic (exact) mass is 330 g/mol. The van der Waals surface area contributed by atoms with E-state index < -0.39 is 6.10 Å². The fourth-order valence-corrected chi connectivity index (χ4v) is 2.77. The van der Waals surface area contributed by atoms with Crippen LogP contribution in [0.2, 0.25) is 5.02 Å². The molecule has 2 N–H and O–H groups in total. The molecular weight excluding hydrogens is 312 g/mol. The number of hydrogen-bond donors (Lipinski definition) is 2. The zero-order valence-electron chi connectivity index (χ0n) is 12.9. The molecule has 1 heterocycles. The number of rotatable bonds is 4. The van der Waals surface area contributed by atoms with Crippen LogP contribution in [0, 0.1) is 0 Å². The second-order valence-corrected chi connectivity index (χ2v) is 6.05. The van der Waals surface area contributed by atoms with Gasteiger partial charge in [-0.25, -0.2) is 0 Å². The Morgan fingerprint density at radius 2 is 2.17 bits per heavy atom. The number of halogens is 1. The van der Waals surface area contributed by atoms with Crippen molar-refractivity contribution in [2.24, 2.45) is 0 Å². The minimum Gasteiger partial charge on any atom is -0.481 e. The summed E-state index contributed by atoms with van der Waals surface area (Å²) in [5, 5.41) is 6.84. The first-order valence-electron chi connectivity index (χ1n) is 7.72. The molecule has 0 radical (unpaired) electrons. The molecule has 1 aliphatic rings. The highest BCUT2D eigenvalue weighted by Gasteiger charge is 2.16. The minimum atomic E-state index is -0.609. The first-order valence-corrected chi connectivity index (χ1v) is 8.09.